The quantitative estimate of drug-likeness (QED) is 0.835. The third-order valence-electron chi connectivity index (χ3n) is 3.94. The first-order valence-corrected chi connectivity index (χ1v) is 8.41. The molecular formula is C16H19Cl2FN2O2. The average Bonchev–Trinajstić information content (AvgIpc) is 2.55. The van der Waals surface area contributed by atoms with Gasteiger partial charge in [-0.05, 0) is 31.4 Å². The zero-order chi connectivity index (χ0) is 17.0. The van der Waals surface area contributed by atoms with Gasteiger partial charge >= 0.3 is 0 Å². The van der Waals surface area contributed by atoms with E-state index < -0.39 is 5.82 Å². The molecule has 0 spiro atoms. The Kier molecular flexibility index (Phi) is 6.25. The fraction of sp³-hybridized carbons (Fsp3) is 0.500. The number of carbonyl (C=O) groups excluding carboxylic acids is 2. The number of nitrogens with one attached hydrogen (secondary N) is 1. The fourth-order valence-corrected chi connectivity index (χ4v) is 3.06. The summed E-state index contributed by atoms with van der Waals surface area (Å²) in [4.78, 5) is 26.0. The predicted molar refractivity (Wildman–Crippen MR) is 88.3 cm³/mol. The molecule has 1 aromatic rings. The van der Waals surface area contributed by atoms with E-state index in [1.54, 1.807) is 4.90 Å². The van der Waals surface area contributed by atoms with E-state index in [-0.39, 0.29) is 33.3 Å². The van der Waals surface area contributed by atoms with Gasteiger partial charge in [-0.1, -0.05) is 30.1 Å². The van der Waals surface area contributed by atoms with Gasteiger partial charge in [-0.25, -0.2) is 4.39 Å². The molecule has 1 N–H and O–H groups in total. The van der Waals surface area contributed by atoms with Crippen LogP contribution in [0.1, 0.15) is 36.5 Å². The smallest absolute Gasteiger partial charge is 0.255 e. The fourth-order valence-electron chi connectivity index (χ4n) is 2.59. The molecule has 2 amide bonds. The molecule has 1 heterocycles. The van der Waals surface area contributed by atoms with E-state index in [2.05, 4.69) is 5.32 Å². The normalized spacial score (nSPS) is 15.6. The largest absolute Gasteiger partial charge is 0.356 e. The summed E-state index contributed by atoms with van der Waals surface area (Å²) < 4.78 is 13.6. The molecule has 0 unspecified atom stereocenters. The van der Waals surface area contributed by atoms with Crippen molar-refractivity contribution in [3.63, 3.8) is 0 Å². The Morgan fingerprint density at radius 2 is 1.91 bits per heavy atom. The molecule has 7 heteroatoms. The molecule has 2 rings (SSSR count). The van der Waals surface area contributed by atoms with Gasteiger partial charge in [-0.2, -0.15) is 0 Å². The second kappa shape index (κ2) is 7.97. The highest BCUT2D eigenvalue weighted by atomic mass is 35.5. The van der Waals surface area contributed by atoms with E-state index in [4.69, 9.17) is 23.2 Å². The first-order chi connectivity index (χ1) is 10.9. The van der Waals surface area contributed by atoms with Crippen LogP contribution in [-0.2, 0) is 4.79 Å². The Balaban J connectivity index is 1.99. The van der Waals surface area contributed by atoms with Crippen molar-refractivity contribution >= 4 is 35.0 Å². The van der Waals surface area contributed by atoms with Gasteiger partial charge in [-0.15, -0.1) is 0 Å². The molecular weight excluding hydrogens is 342 g/mol. The summed E-state index contributed by atoms with van der Waals surface area (Å²) in [5, 5.41) is 2.89. The van der Waals surface area contributed by atoms with E-state index >= 15 is 0 Å². The Labute approximate surface area is 144 Å². The molecule has 1 fully saturated rings. The zero-order valence-corrected chi connectivity index (χ0v) is 14.4. The highest BCUT2D eigenvalue weighted by molar-refractivity contribution is 6.36. The van der Waals surface area contributed by atoms with Crippen molar-refractivity contribution in [3.8, 4) is 0 Å². The van der Waals surface area contributed by atoms with Crippen molar-refractivity contribution in [3.05, 3.63) is 33.6 Å². The van der Waals surface area contributed by atoms with Crippen LogP contribution in [0.4, 0.5) is 4.39 Å². The summed E-state index contributed by atoms with van der Waals surface area (Å²) in [6, 6.07) is 2.30. The molecule has 1 aliphatic rings. The van der Waals surface area contributed by atoms with Gasteiger partial charge in [0.05, 0.1) is 15.6 Å². The van der Waals surface area contributed by atoms with E-state index in [0.717, 1.165) is 12.5 Å². The third kappa shape index (κ3) is 4.36. The molecule has 4 nitrogen and oxygen atoms in total. The number of halogens is 3. The van der Waals surface area contributed by atoms with Crippen molar-refractivity contribution < 1.29 is 14.0 Å². The second-order valence-corrected chi connectivity index (χ2v) is 6.42. The van der Waals surface area contributed by atoms with Gasteiger partial charge in [-0.3, -0.25) is 9.59 Å². The predicted octanol–water partition coefficient (Wildman–Crippen LogP) is 3.51. The summed E-state index contributed by atoms with van der Waals surface area (Å²) >= 11 is 11.6. The van der Waals surface area contributed by atoms with Crippen LogP contribution in [0.2, 0.25) is 10.0 Å². The van der Waals surface area contributed by atoms with Gasteiger partial charge in [0.1, 0.15) is 5.82 Å². The van der Waals surface area contributed by atoms with Crippen LogP contribution in [-0.4, -0.2) is 36.3 Å². The SMILES string of the molecule is CCCNC(=O)C1CCN(C(=O)c2cc(F)c(Cl)cc2Cl)CC1. The summed E-state index contributed by atoms with van der Waals surface area (Å²) in [7, 11) is 0. The molecule has 126 valence electrons. The number of benzene rings is 1. The topological polar surface area (TPSA) is 49.4 Å². The Morgan fingerprint density at radius 3 is 2.52 bits per heavy atom. The number of piperidine rings is 1. The Bertz CT molecular complexity index is 602. The lowest BCUT2D eigenvalue weighted by atomic mass is 9.95. The molecule has 0 aliphatic carbocycles. The monoisotopic (exact) mass is 360 g/mol. The number of rotatable bonds is 4. The molecule has 1 aromatic carbocycles. The summed E-state index contributed by atoms with van der Waals surface area (Å²) in [5.74, 6) is -1.05. The molecule has 0 bridgehead atoms. The maximum Gasteiger partial charge on any atom is 0.255 e. The lowest BCUT2D eigenvalue weighted by molar-refractivity contribution is -0.126. The zero-order valence-electron chi connectivity index (χ0n) is 12.9. The lowest BCUT2D eigenvalue weighted by Gasteiger charge is -2.31. The Morgan fingerprint density at radius 1 is 1.26 bits per heavy atom. The third-order valence-corrected chi connectivity index (χ3v) is 4.54. The van der Waals surface area contributed by atoms with Crippen LogP contribution in [0.15, 0.2) is 12.1 Å². The van der Waals surface area contributed by atoms with Crippen molar-refractivity contribution in [2.45, 2.75) is 26.2 Å². The van der Waals surface area contributed by atoms with Crippen molar-refractivity contribution in [2.24, 2.45) is 5.92 Å². The van der Waals surface area contributed by atoms with E-state index in [9.17, 15) is 14.0 Å². The molecule has 1 saturated heterocycles. The number of carbonyl (C=O) groups is 2. The number of likely N-dealkylation sites (tertiary alicyclic amines) is 1. The number of hydrogen-bond donors (Lipinski definition) is 1. The summed E-state index contributed by atoms with van der Waals surface area (Å²) in [6.45, 7) is 3.56. The minimum atomic E-state index is -0.673. The first kappa shape index (κ1) is 18.0. The van der Waals surface area contributed by atoms with Crippen LogP contribution in [0.3, 0.4) is 0 Å². The van der Waals surface area contributed by atoms with Crippen molar-refractivity contribution in [2.75, 3.05) is 19.6 Å². The maximum atomic E-state index is 13.6. The van der Waals surface area contributed by atoms with Crippen molar-refractivity contribution in [1.82, 2.24) is 10.2 Å². The molecule has 0 radical (unpaired) electrons. The minimum absolute atomic E-state index is 0.0366. The van der Waals surface area contributed by atoms with Crippen LogP contribution >= 0.6 is 23.2 Å². The van der Waals surface area contributed by atoms with Crippen LogP contribution < -0.4 is 5.32 Å². The van der Waals surface area contributed by atoms with Gasteiger partial charge < -0.3 is 10.2 Å². The molecule has 0 atom stereocenters. The van der Waals surface area contributed by atoms with Gasteiger partial charge in [0.2, 0.25) is 5.91 Å². The second-order valence-electron chi connectivity index (χ2n) is 5.60. The average molecular weight is 361 g/mol. The van der Waals surface area contributed by atoms with Crippen LogP contribution in [0.5, 0.6) is 0 Å². The standard InChI is InChI=1S/C16H19Cl2FN2O2/c1-2-5-20-15(22)10-3-6-21(7-4-10)16(23)11-8-14(19)13(18)9-12(11)17/h8-10H,2-7H2,1H3,(H,20,22). The summed E-state index contributed by atoms with van der Waals surface area (Å²) in [5.41, 5.74) is 0.0995. The Hall–Kier alpha value is -1.33. The van der Waals surface area contributed by atoms with Gasteiger partial charge in [0.15, 0.2) is 0 Å². The minimum Gasteiger partial charge on any atom is -0.356 e. The summed E-state index contributed by atoms with van der Waals surface area (Å²) in [6.07, 6.45) is 2.08. The van der Waals surface area contributed by atoms with E-state index in [1.807, 2.05) is 6.92 Å². The van der Waals surface area contributed by atoms with Crippen molar-refractivity contribution in [1.29, 1.82) is 0 Å². The van der Waals surface area contributed by atoms with Crippen LogP contribution in [0.25, 0.3) is 0 Å². The molecule has 23 heavy (non-hydrogen) atoms. The number of hydrogen-bond acceptors (Lipinski definition) is 2. The molecule has 1 aliphatic heterocycles. The maximum absolute atomic E-state index is 13.6. The number of amides is 2. The highest BCUT2D eigenvalue weighted by Crippen LogP contribution is 2.27. The van der Waals surface area contributed by atoms with Gasteiger partial charge in [0, 0.05) is 25.6 Å². The van der Waals surface area contributed by atoms with Gasteiger partial charge in [0.25, 0.3) is 5.91 Å². The van der Waals surface area contributed by atoms with Crippen LogP contribution in [0, 0.1) is 11.7 Å². The highest BCUT2D eigenvalue weighted by Gasteiger charge is 2.28. The number of nitrogens with zero attached hydrogens (tertiary/aromatic N) is 1. The van der Waals surface area contributed by atoms with E-state index in [1.165, 1.54) is 6.07 Å². The molecule has 0 saturated carbocycles. The van der Waals surface area contributed by atoms with E-state index in [0.29, 0.717) is 32.5 Å². The molecule has 0 aromatic heterocycles. The lowest BCUT2D eigenvalue weighted by Crippen LogP contribution is -2.43. The first-order valence-electron chi connectivity index (χ1n) is 7.65.